The van der Waals surface area contributed by atoms with Crippen LogP contribution in [0.15, 0.2) is 4.99 Å². The van der Waals surface area contributed by atoms with Crippen LogP contribution in [0.1, 0.15) is 0 Å². The molecular weight excluding hydrogens is 224 g/mol. The van der Waals surface area contributed by atoms with E-state index in [1.807, 2.05) is 17.3 Å². The fourth-order valence-corrected chi connectivity index (χ4v) is 13.5. The highest BCUT2D eigenvalue weighted by atomic mass is 32.2. The molecule has 0 N–H and O–H groups in total. The molecule has 2 nitrogen and oxygen atoms in total. The van der Waals surface area contributed by atoms with Crippen LogP contribution in [-0.4, -0.2) is 38.2 Å². The lowest BCUT2D eigenvalue weighted by Crippen LogP contribution is -2.63. The second-order valence-electron chi connectivity index (χ2n) is 5.78. The topological polar surface area (TPSA) is 15.6 Å². The Morgan fingerprint density at radius 3 is 1.93 bits per heavy atom. The molecule has 0 bridgehead atoms. The summed E-state index contributed by atoms with van der Waals surface area (Å²) in [5.74, 6) is 1.16. The van der Waals surface area contributed by atoms with Crippen LogP contribution in [0.5, 0.6) is 0 Å². The smallest absolute Gasteiger partial charge is 0.114 e. The Morgan fingerprint density at radius 1 is 1.14 bits per heavy atom. The van der Waals surface area contributed by atoms with Gasteiger partial charge in [0.15, 0.2) is 0 Å². The van der Waals surface area contributed by atoms with E-state index in [2.05, 4.69) is 48.5 Å². The van der Waals surface area contributed by atoms with Gasteiger partial charge in [0, 0.05) is 5.75 Å². The van der Waals surface area contributed by atoms with Gasteiger partial charge in [0.1, 0.15) is 22.6 Å². The van der Waals surface area contributed by atoms with Crippen molar-refractivity contribution in [2.75, 3.05) is 5.75 Å². The van der Waals surface area contributed by atoms with Gasteiger partial charge < -0.3 is 4.23 Å². The van der Waals surface area contributed by atoms with Crippen molar-refractivity contribution in [2.24, 2.45) is 4.99 Å². The maximum atomic E-state index is 4.60. The maximum absolute atomic E-state index is 4.60. The van der Waals surface area contributed by atoms with Crippen LogP contribution < -0.4 is 0 Å². The molecule has 0 aliphatic carbocycles. The molecule has 1 heterocycles. The number of hydrogen-bond acceptors (Lipinski definition) is 3. The Labute approximate surface area is 94.4 Å². The fraction of sp³-hybridized carbons (Fsp3) is 0.889. The van der Waals surface area contributed by atoms with Gasteiger partial charge in [-0.1, -0.05) is 39.3 Å². The minimum absolute atomic E-state index is 0.471. The quantitative estimate of drug-likeness (QED) is 0.711. The Balaban J connectivity index is 2.88. The number of rotatable bonds is 3. The van der Waals surface area contributed by atoms with E-state index >= 15 is 0 Å². The standard InChI is InChI=1S/C9H22N2SSi2/c1-13(2,3)11(14(4,5)6)9-7-12-8-10-9/h8-9H,7H2,1-6H3. The van der Waals surface area contributed by atoms with Crippen molar-refractivity contribution in [3.63, 3.8) is 0 Å². The summed E-state index contributed by atoms with van der Waals surface area (Å²) in [6, 6.07) is 0. The SMILES string of the molecule is C[Si](C)(C)N(C1CSC=N1)[Si](C)(C)C. The third-order valence-electron chi connectivity index (χ3n) is 2.30. The molecule has 0 saturated carbocycles. The normalized spacial score (nSPS) is 23.5. The van der Waals surface area contributed by atoms with Gasteiger partial charge in [-0.15, -0.1) is 11.8 Å². The summed E-state index contributed by atoms with van der Waals surface area (Å²) in [7, 11) is -2.44. The van der Waals surface area contributed by atoms with E-state index in [4.69, 9.17) is 0 Å². The summed E-state index contributed by atoms with van der Waals surface area (Å²) < 4.78 is 2.77. The zero-order chi connectivity index (χ0) is 11.0. The van der Waals surface area contributed by atoms with Crippen LogP contribution in [-0.2, 0) is 0 Å². The summed E-state index contributed by atoms with van der Waals surface area (Å²) in [5.41, 5.74) is 2.03. The lowest BCUT2D eigenvalue weighted by atomic mass is 10.6. The Hall–Kier alpha value is 0.414. The third kappa shape index (κ3) is 2.95. The lowest BCUT2D eigenvalue weighted by Gasteiger charge is -2.46. The molecule has 0 radical (unpaired) electrons. The summed E-state index contributed by atoms with van der Waals surface area (Å²) in [4.78, 5) is 4.60. The van der Waals surface area contributed by atoms with Gasteiger partial charge in [-0.25, -0.2) is 0 Å². The highest BCUT2D eigenvalue weighted by molar-refractivity contribution is 8.12. The van der Waals surface area contributed by atoms with E-state index in [1.54, 1.807) is 0 Å². The van der Waals surface area contributed by atoms with E-state index in [0.717, 1.165) is 5.75 Å². The highest BCUT2D eigenvalue weighted by Crippen LogP contribution is 2.27. The molecular formula is C9H22N2SSi2. The number of aliphatic imine (C=N–C) groups is 1. The second-order valence-corrected chi connectivity index (χ2v) is 16.8. The summed E-state index contributed by atoms with van der Waals surface area (Å²) in [5, 5.41) is 0. The van der Waals surface area contributed by atoms with Crippen LogP contribution in [0.3, 0.4) is 0 Å². The number of hydrogen-bond donors (Lipinski definition) is 0. The number of nitrogens with zero attached hydrogens (tertiary/aromatic N) is 2. The minimum atomic E-state index is -1.22. The van der Waals surface area contributed by atoms with Crippen molar-refractivity contribution in [2.45, 2.75) is 45.4 Å². The molecule has 1 rings (SSSR count). The summed E-state index contributed by atoms with van der Waals surface area (Å²) in [6.07, 6.45) is 0.471. The first-order valence-corrected chi connectivity index (χ1v) is 13.1. The molecule has 1 aliphatic rings. The Bertz CT molecular complexity index is 216. The fourth-order valence-electron chi connectivity index (χ4n) is 2.33. The zero-order valence-electron chi connectivity index (χ0n) is 10.2. The Kier molecular flexibility index (Phi) is 3.67. The molecule has 0 amide bonds. The van der Waals surface area contributed by atoms with Gasteiger partial charge in [0.25, 0.3) is 0 Å². The molecule has 82 valence electrons. The van der Waals surface area contributed by atoms with Crippen molar-refractivity contribution in [3.8, 4) is 0 Å². The predicted octanol–water partition coefficient (Wildman–Crippen LogP) is 3.06. The van der Waals surface area contributed by atoms with Gasteiger partial charge in [-0.3, -0.25) is 4.99 Å². The lowest BCUT2D eigenvalue weighted by molar-refractivity contribution is 0.503. The van der Waals surface area contributed by atoms with Crippen LogP contribution >= 0.6 is 11.8 Å². The molecule has 0 spiro atoms. The van der Waals surface area contributed by atoms with E-state index in [0.29, 0.717) is 6.17 Å². The largest absolute Gasteiger partial charge is 0.324 e. The van der Waals surface area contributed by atoms with Crippen molar-refractivity contribution in [3.05, 3.63) is 0 Å². The molecule has 0 fully saturated rings. The van der Waals surface area contributed by atoms with Gasteiger partial charge in [0.05, 0.1) is 5.55 Å². The summed E-state index contributed by atoms with van der Waals surface area (Å²) in [6.45, 7) is 14.6. The van der Waals surface area contributed by atoms with Crippen molar-refractivity contribution in [1.82, 2.24) is 4.23 Å². The van der Waals surface area contributed by atoms with Gasteiger partial charge in [-0.05, 0) is 0 Å². The second kappa shape index (κ2) is 4.11. The van der Waals surface area contributed by atoms with Crippen molar-refractivity contribution < 1.29 is 0 Å². The first kappa shape index (κ1) is 12.5. The van der Waals surface area contributed by atoms with E-state index in [-0.39, 0.29) is 0 Å². The minimum Gasteiger partial charge on any atom is -0.324 e. The molecule has 5 heteroatoms. The van der Waals surface area contributed by atoms with Gasteiger partial charge in [-0.2, -0.15) is 0 Å². The molecule has 0 aromatic carbocycles. The van der Waals surface area contributed by atoms with Crippen LogP contribution in [0, 0.1) is 0 Å². The van der Waals surface area contributed by atoms with Gasteiger partial charge in [0.2, 0.25) is 0 Å². The van der Waals surface area contributed by atoms with E-state index in [1.165, 1.54) is 0 Å². The molecule has 0 aromatic heterocycles. The average molecular weight is 247 g/mol. The molecule has 1 unspecified atom stereocenters. The first-order chi connectivity index (χ1) is 6.23. The van der Waals surface area contributed by atoms with Crippen molar-refractivity contribution in [1.29, 1.82) is 0 Å². The molecule has 1 atom stereocenters. The van der Waals surface area contributed by atoms with Crippen molar-refractivity contribution >= 4 is 33.8 Å². The van der Waals surface area contributed by atoms with Crippen LogP contribution in [0.4, 0.5) is 0 Å². The third-order valence-corrected chi connectivity index (χ3v) is 10.6. The highest BCUT2D eigenvalue weighted by Gasteiger charge is 2.39. The molecule has 14 heavy (non-hydrogen) atoms. The molecule has 0 saturated heterocycles. The van der Waals surface area contributed by atoms with E-state index in [9.17, 15) is 0 Å². The maximum Gasteiger partial charge on any atom is 0.114 e. The monoisotopic (exact) mass is 246 g/mol. The summed E-state index contributed by atoms with van der Waals surface area (Å²) >= 11 is 1.85. The predicted molar refractivity (Wildman–Crippen MR) is 73.3 cm³/mol. The molecule has 0 aromatic rings. The zero-order valence-corrected chi connectivity index (χ0v) is 13.0. The van der Waals surface area contributed by atoms with Crippen LogP contribution in [0.2, 0.25) is 39.3 Å². The Morgan fingerprint density at radius 2 is 1.64 bits per heavy atom. The van der Waals surface area contributed by atoms with Gasteiger partial charge >= 0.3 is 0 Å². The van der Waals surface area contributed by atoms with Crippen LogP contribution in [0.25, 0.3) is 0 Å². The average Bonchev–Trinajstić information content (AvgIpc) is 2.31. The molecule has 1 aliphatic heterocycles. The van der Waals surface area contributed by atoms with E-state index < -0.39 is 16.5 Å². The first-order valence-electron chi connectivity index (χ1n) is 5.15. The number of thioether (sulfide) groups is 1.